The molecule has 0 fully saturated rings. The maximum absolute atomic E-state index is 6.26. The van der Waals surface area contributed by atoms with Gasteiger partial charge in [-0.25, -0.2) is 0 Å². The van der Waals surface area contributed by atoms with Crippen molar-refractivity contribution in [1.29, 1.82) is 0 Å². The molecule has 0 saturated carbocycles. The molecule has 0 unspecified atom stereocenters. The lowest BCUT2D eigenvalue weighted by atomic mass is 10.2. The van der Waals surface area contributed by atoms with Crippen molar-refractivity contribution in [3.8, 4) is 11.5 Å². The van der Waals surface area contributed by atoms with E-state index in [0.717, 1.165) is 17.8 Å². The van der Waals surface area contributed by atoms with Gasteiger partial charge in [0.1, 0.15) is 6.61 Å². The second-order valence-corrected chi connectivity index (χ2v) is 4.66. The molecular formula is C15H17ClN2O2. The van der Waals surface area contributed by atoms with Crippen molar-refractivity contribution in [1.82, 2.24) is 10.3 Å². The summed E-state index contributed by atoms with van der Waals surface area (Å²) >= 11 is 6.26. The van der Waals surface area contributed by atoms with Crippen molar-refractivity contribution >= 4 is 11.6 Å². The van der Waals surface area contributed by atoms with E-state index in [2.05, 4.69) is 10.3 Å². The van der Waals surface area contributed by atoms with Crippen molar-refractivity contribution in [2.45, 2.75) is 13.2 Å². The Morgan fingerprint density at radius 2 is 2.15 bits per heavy atom. The van der Waals surface area contributed by atoms with E-state index < -0.39 is 0 Å². The predicted octanol–water partition coefficient (Wildman–Crippen LogP) is 3.04. The van der Waals surface area contributed by atoms with Crippen LogP contribution in [0.2, 0.25) is 5.02 Å². The molecule has 1 heterocycles. The van der Waals surface area contributed by atoms with Crippen LogP contribution < -0.4 is 14.8 Å². The molecule has 0 radical (unpaired) electrons. The number of ether oxygens (including phenoxy) is 2. The summed E-state index contributed by atoms with van der Waals surface area (Å²) in [5.74, 6) is 1.17. The first kappa shape index (κ1) is 14.6. The quantitative estimate of drug-likeness (QED) is 0.889. The van der Waals surface area contributed by atoms with E-state index in [1.165, 1.54) is 0 Å². The van der Waals surface area contributed by atoms with Crippen molar-refractivity contribution < 1.29 is 9.47 Å². The van der Waals surface area contributed by atoms with E-state index in [-0.39, 0.29) is 0 Å². The third-order valence-corrected chi connectivity index (χ3v) is 3.04. The molecule has 0 aliphatic carbocycles. The van der Waals surface area contributed by atoms with Crippen LogP contribution in [-0.2, 0) is 13.2 Å². The van der Waals surface area contributed by atoms with Crippen LogP contribution in [-0.4, -0.2) is 19.1 Å². The Labute approximate surface area is 123 Å². The van der Waals surface area contributed by atoms with Crippen molar-refractivity contribution in [3.05, 3.63) is 52.8 Å². The molecule has 0 bridgehead atoms. The highest BCUT2D eigenvalue weighted by Crippen LogP contribution is 2.36. The van der Waals surface area contributed by atoms with E-state index in [0.29, 0.717) is 23.1 Å². The second kappa shape index (κ2) is 7.12. The smallest absolute Gasteiger partial charge is 0.180 e. The van der Waals surface area contributed by atoms with Crippen LogP contribution in [0.15, 0.2) is 36.5 Å². The minimum absolute atomic E-state index is 0.349. The van der Waals surface area contributed by atoms with Crippen LogP contribution >= 0.6 is 11.6 Å². The van der Waals surface area contributed by atoms with E-state index in [4.69, 9.17) is 21.1 Å². The van der Waals surface area contributed by atoms with Crippen LogP contribution in [0.25, 0.3) is 0 Å². The van der Waals surface area contributed by atoms with Gasteiger partial charge in [-0.05, 0) is 36.9 Å². The first-order valence-corrected chi connectivity index (χ1v) is 6.66. The van der Waals surface area contributed by atoms with Gasteiger partial charge in [0, 0.05) is 12.7 Å². The molecule has 1 aromatic carbocycles. The van der Waals surface area contributed by atoms with Gasteiger partial charge in [-0.15, -0.1) is 0 Å². The number of hydrogen-bond donors (Lipinski definition) is 1. The van der Waals surface area contributed by atoms with Gasteiger partial charge in [0.25, 0.3) is 0 Å². The van der Waals surface area contributed by atoms with E-state index >= 15 is 0 Å². The van der Waals surface area contributed by atoms with Gasteiger partial charge in [-0.3, -0.25) is 4.98 Å². The first-order valence-electron chi connectivity index (χ1n) is 6.28. The lowest BCUT2D eigenvalue weighted by Crippen LogP contribution is -2.06. The number of pyridine rings is 1. The van der Waals surface area contributed by atoms with Crippen molar-refractivity contribution in [2.24, 2.45) is 0 Å². The molecule has 2 rings (SSSR count). The fourth-order valence-electron chi connectivity index (χ4n) is 1.85. The molecule has 2 aromatic rings. The third-order valence-electron chi connectivity index (χ3n) is 2.76. The minimum Gasteiger partial charge on any atom is -0.493 e. The van der Waals surface area contributed by atoms with Gasteiger partial charge in [0.05, 0.1) is 17.8 Å². The van der Waals surface area contributed by atoms with Gasteiger partial charge in [0.15, 0.2) is 11.5 Å². The van der Waals surface area contributed by atoms with Gasteiger partial charge >= 0.3 is 0 Å². The standard InChI is InChI=1S/C15H17ClN2O2/c1-17-9-11-7-13(16)15(14(8-11)19-2)20-10-12-5-3-4-6-18-12/h3-8,17H,9-10H2,1-2H3. The molecule has 0 aliphatic heterocycles. The largest absolute Gasteiger partial charge is 0.493 e. The molecule has 1 aromatic heterocycles. The SMILES string of the molecule is CNCc1cc(Cl)c(OCc2ccccn2)c(OC)c1. The molecule has 106 valence electrons. The van der Waals surface area contributed by atoms with Gasteiger partial charge in [0.2, 0.25) is 0 Å². The van der Waals surface area contributed by atoms with Crippen molar-refractivity contribution in [2.75, 3.05) is 14.2 Å². The molecule has 20 heavy (non-hydrogen) atoms. The Balaban J connectivity index is 2.18. The zero-order valence-electron chi connectivity index (χ0n) is 11.5. The van der Waals surface area contributed by atoms with Crippen LogP contribution in [0, 0.1) is 0 Å². The molecule has 0 amide bonds. The first-order chi connectivity index (χ1) is 9.74. The summed E-state index contributed by atoms with van der Waals surface area (Å²) in [6, 6.07) is 9.46. The summed E-state index contributed by atoms with van der Waals surface area (Å²) in [6.45, 7) is 1.07. The second-order valence-electron chi connectivity index (χ2n) is 4.25. The summed E-state index contributed by atoms with van der Waals surface area (Å²) in [5.41, 5.74) is 1.88. The number of rotatable bonds is 6. The average Bonchev–Trinajstić information content (AvgIpc) is 2.47. The van der Waals surface area contributed by atoms with Gasteiger partial charge in [-0.1, -0.05) is 17.7 Å². The molecule has 0 aliphatic rings. The van der Waals surface area contributed by atoms with Gasteiger partial charge < -0.3 is 14.8 Å². The lowest BCUT2D eigenvalue weighted by molar-refractivity contribution is 0.280. The Bertz CT molecular complexity index is 561. The summed E-state index contributed by atoms with van der Waals surface area (Å²) in [4.78, 5) is 4.21. The molecular weight excluding hydrogens is 276 g/mol. The number of nitrogens with zero attached hydrogens (tertiary/aromatic N) is 1. The lowest BCUT2D eigenvalue weighted by Gasteiger charge is -2.14. The number of hydrogen-bond acceptors (Lipinski definition) is 4. The molecule has 0 atom stereocenters. The highest BCUT2D eigenvalue weighted by molar-refractivity contribution is 6.32. The number of benzene rings is 1. The normalized spacial score (nSPS) is 10.3. The molecule has 0 saturated heterocycles. The minimum atomic E-state index is 0.349. The zero-order valence-corrected chi connectivity index (χ0v) is 12.3. The highest BCUT2D eigenvalue weighted by atomic mass is 35.5. The van der Waals surface area contributed by atoms with Crippen LogP contribution in [0.1, 0.15) is 11.3 Å². The molecule has 0 spiro atoms. The average molecular weight is 293 g/mol. The van der Waals surface area contributed by atoms with Crippen LogP contribution in [0.4, 0.5) is 0 Å². The zero-order chi connectivity index (χ0) is 14.4. The summed E-state index contributed by atoms with van der Waals surface area (Å²) in [6.07, 6.45) is 1.73. The number of halogens is 1. The summed E-state index contributed by atoms with van der Waals surface area (Å²) in [5, 5.41) is 3.61. The van der Waals surface area contributed by atoms with Crippen LogP contribution in [0.5, 0.6) is 11.5 Å². The Morgan fingerprint density at radius 3 is 2.80 bits per heavy atom. The topological polar surface area (TPSA) is 43.4 Å². The van der Waals surface area contributed by atoms with E-state index in [9.17, 15) is 0 Å². The van der Waals surface area contributed by atoms with Gasteiger partial charge in [-0.2, -0.15) is 0 Å². The maximum Gasteiger partial charge on any atom is 0.180 e. The number of nitrogens with one attached hydrogen (secondary N) is 1. The Morgan fingerprint density at radius 1 is 1.30 bits per heavy atom. The summed E-state index contributed by atoms with van der Waals surface area (Å²) in [7, 11) is 3.48. The molecule has 5 heteroatoms. The molecule has 1 N–H and O–H groups in total. The third kappa shape index (κ3) is 3.62. The predicted molar refractivity (Wildman–Crippen MR) is 79.3 cm³/mol. The van der Waals surface area contributed by atoms with E-state index in [1.807, 2.05) is 37.4 Å². The monoisotopic (exact) mass is 292 g/mol. The van der Waals surface area contributed by atoms with Crippen LogP contribution in [0.3, 0.4) is 0 Å². The fourth-order valence-corrected chi connectivity index (χ4v) is 2.14. The van der Waals surface area contributed by atoms with Crippen molar-refractivity contribution in [3.63, 3.8) is 0 Å². The Hall–Kier alpha value is -1.78. The Kier molecular flexibility index (Phi) is 5.21. The van der Waals surface area contributed by atoms with E-state index in [1.54, 1.807) is 13.3 Å². The highest BCUT2D eigenvalue weighted by Gasteiger charge is 2.12. The summed E-state index contributed by atoms with van der Waals surface area (Å²) < 4.78 is 11.1. The fraction of sp³-hybridized carbons (Fsp3) is 0.267. The maximum atomic E-state index is 6.26. The number of aromatic nitrogens is 1. The number of methoxy groups -OCH3 is 1. The molecule has 4 nitrogen and oxygen atoms in total.